The Morgan fingerprint density at radius 3 is 1.69 bits per heavy atom. The van der Waals surface area contributed by atoms with E-state index in [1.165, 1.54) is 57.4 Å². The molecule has 0 saturated heterocycles. The van der Waals surface area contributed by atoms with Crippen molar-refractivity contribution in [2.24, 2.45) is 0 Å². The normalized spacial score (nSPS) is 10.9. The number of rotatable bonds is 16. The van der Waals surface area contributed by atoms with Gasteiger partial charge in [0.1, 0.15) is 11.4 Å². The first-order chi connectivity index (χ1) is 14.1. The molecule has 0 amide bonds. The van der Waals surface area contributed by atoms with E-state index < -0.39 is 16.8 Å². The first-order valence-electron chi connectivity index (χ1n) is 10.8. The molecule has 0 aliphatic carbocycles. The molecule has 0 spiro atoms. The maximum absolute atomic E-state index is 12.3. The second-order valence-corrected chi connectivity index (χ2v) is 8.48. The molecular weight excluding hydrogens is 411 g/mol. The van der Waals surface area contributed by atoms with Gasteiger partial charge in [-0.25, -0.2) is 9.59 Å². The summed E-state index contributed by atoms with van der Waals surface area (Å²) >= 11 is 11.1. The molecule has 0 unspecified atom stereocenters. The van der Waals surface area contributed by atoms with Gasteiger partial charge in [0.25, 0.3) is 0 Å². The molecule has 6 heteroatoms. The van der Waals surface area contributed by atoms with Crippen molar-refractivity contribution in [3.05, 3.63) is 35.4 Å². The van der Waals surface area contributed by atoms with Crippen LogP contribution < -0.4 is 0 Å². The highest BCUT2D eigenvalue weighted by atomic mass is 35.5. The second kappa shape index (κ2) is 16.5. The van der Waals surface area contributed by atoms with Gasteiger partial charge in [-0.05, 0) is 18.6 Å². The van der Waals surface area contributed by atoms with E-state index in [9.17, 15) is 9.59 Å². The molecule has 0 aromatic heterocycles. The van der Waals surface area contributed by atoms with E-state index >= 15 is 0 Å². The minimum absolute atomic E-state index is 0.135. The average molecular weight is 445 g/mol. The van der Waals surface area contributed by atoms with Gasteiger partial charge in [0.15, 0.2) is 0 Å². The van der Waals surface area contributed by atoms with Crippen LogP contribution in [0, 0.1) is 0 Å². The van der Waals surface area contributed by atoms with Gasteiger partial charge in [0, 0.05) is 0 Å². The molecule has 0 radical (unpaired) electrons. The summed E-state index contributed by atoms with van der Waals surface area (Å²) in [6, 6.07) is 6.43. The summed E-state index contributed by atoms with van der Waals surface area (Å²) in [7, 11) is 0. The maximum atomic E-state index is 12.3. The average Bonchev–Trinajstić information content (AvgIpc) is 2.72. The van der Waals surface area contributed by atoms with E-state index in [0.717, 1.165) is 19.3 Å². The molecule has 1 aromatic carbocycles. The number of esters is 2. The van der Waals surface area contributed by atoms with Crippen molar-refractivity contribution >= 4 is 35.1 Å². The lowest BCUT2D eigenvalue weighted by molar-refractivity contribution is 0.0460. The van der Waals surface area contributed by atoms with Crippen molar-refractivity contribution in [2.45, 2.75) is 82.4 Å². The van der Waals surface area contributed by atoms with Crippen molar-refractivity contribution in [3.8, 4) is 0 Å². The van der Waals surface area contributed by atoms with Crippen LogP contribution in [-0.4, -0.2) is 30.0 Å². The zero-order valence-corrected chi connectivity index (χ0v) is 19.0. The molecule has 0 aliphatic rings. The Morgan fingerprint density at radius 1 is 0.759 bits per heavy atom. The first-order valence-corrected chi connectivity index (χ1v) is 11.6. The predicted molar refractivity (Wildman–Crippen MR) is 119 cm³/mol. The molecule has 1 rings (SSSR count). The third-order valence-corrected chi connectivity index (χ3v) is 4.94. The molecule has 0 heterocycles. The van der Waals surface area contributed by atoms with Crippen molar-refractivity contribution < 1.29 is 19.1 Å². The van der Waals surface area contributed by atoms with Crippen LogP contribution in [0.5, 0.6) is 0 Å². The molecule has 4 nitrogen and oxygen atoms in total. The van der Waals surface area contributed by atoms with E-state index in [1.54, 1.807) is 18.2 Å². The highest BCUT2D eigenvalue weighted by Crippen LogP contribution is 2.15. The molecule has 0 atom stereocenters. The molecule has 164 valence electrons. The fourth-order valence-corrected chi connectivity index (χ4v) is 3.19. The highest BCUT2D eigenvalue weighted by molar-refractivity contribution is 6.44. The topological polar surface area (TPSA) is 52.6 Å². The van der Waals surface area contributed by atoms with Crippen molar-refractivity contribution in [1.82, 2.24) is 0 Å². The number of hydrogen-bond donors (Lipinski definition) is 0. The molecule has 0 bridgehead atoms. The van der Waals surface area contributed by atoms with Gasteiger partial charge in [-0.3, -0.25) is 0 Å². The van der Waals surface area contributed by atoms with Gasteiger partial charge in [0.2, 0.25) is 0 Å². The number of ether oxygens (including phenoxy) is 2. The summed E-state index contributed by atoms with van der Waals surface area (Å²) in [4.78, 5) is 23.6. The molecule has 0 saturated carbocycles. The number of hydrogen-bond acceptors (Lipinski definition) is 4. The predicted octanol–water partition coefficient (Wildman–Crippen LogP) is 7.11. The molecular formula is C23H34Cl2O4. The van der Waals surface area contributed by atoms with Crippen molar-refractivity contribution in [3.63, 3.8) is 0 Å². The van der Waals surface area contributed by atoms with Crippen LogP contribution >= 0.6 is 23.2 Å². The number of alkyl halides is 2. The minimum atomic E-state index is -0.806. The van der Waals surface area contributed by atoms with Gasteiger partial charge in [-0.1, -0.05) is 83.3 Å². The minimum Gasteiger partial charge on any atom is -0.462 e. The Labute approximate surface area is 185 Å². The molecule has 0 fully saturated rings. The Bertz CT molecular complexity index is 590. The Hall–Kier alpha value is -1.26. The van der Waals surface area contributed by atoms with E-state index in [1.807, 2.05) is 0 Å². The summed E-state index contributed by atoms with van der Waals surface area (Å²) < 4.78 is 10.3. The SMILES string of the molecule is CCCCCCCCCCCCCOC(=O)c1ccccc1C(=O)OCC(Cl)Cl. The summed E-state index contributed by atoms with van der Waals surface area (Å²) in [6.07, 6.45) is 13.6. The largest absolute Gasteiger partial charge is 0.462 e. The Balaban J connectivity index is 2.20. The zero-order chi connectivity index (χ0) is 21.3. The summed E-state index contributed by atoms with van der Waals surface area (Å²) in [5, 5.41) is 0. The summed E-state index contributed by atoms with van der Waals surface area (Å²) in [5.41, 5.74) is 0.353. The van der Waals surface area contributed by atoms with Crippen LogP contribution in [0.1, 0.15) is 98.3 Å². The fourth-order valence-electron chi connectivity index (χ4n) is 3.06. The number of carbonyl (C=O) groups excluding carboxylic acids is 2. The van der Waals surface area contributed by atoms with Gasteiger partial charge in [-0.15, -0.1) is 23.2 Å². The zero-order valence-electron chi connectivity index (χ0n) is 17.5. The van der Waals surface area contributed by atoms with Crippen LogP contribution in [0.25, 0.3) is 0 Å². The number of benzene rings is 1. The fraction of sp³-hybridized carbons (Fsp3) is 0.652. The van der Waals surface area contributed by atoms with Crippen LogP contribution in [0.15, 0.2) is 24.3 Å². The van der Waals surface area contributed by atoms with Gasteiger partial charge in [-0.2, -0.15) is 0 Å². The van der Waals surface area contributed by atoms with Crippen LogP contribution in [-0.2, 0) is 9.47 Å². The first kappa shape index (κ1) is 25.8. The Kier molecular flexibility index (Phi) is 14.7. The van der Waals surface area contributed by atoms with Gasteiger partial charge >= 0.3 is 11.9 Å². The molecule has 0 aliphatic heterocycles. The van der Waals surface area contributed by atoms with Crippen LogP contribution in [0.2, 0.25) is 0 Å². The van der Waals surface area contributed by atoms with Gasteiger partial charge < -0.3 is 9.47 Å². The number of halogens is 2. The highest BCUT2D eigenvalue weighted by Gasteiger charge is 2.19. The molecule has 1 aromatic rings. The summed E-state index contributed by atoms with van der Waals surface area (Å²) in [5.74, 6) is -1.16. The van der Waals surface area contributed by atoms with Crippen molar-refractivity contribution in [2.75, 3.05) is 13.2 Å². The van der Waals surface area contributed by atoms with E-state index in [2.05, 4.69) is 6.92 Å². The third-order valence-electron chi connectivity index (χ3n) is 4.69. The quantitative estimate of drug-likeness (QED) is 0.155. The van der Waals surface area contributed by atoms with Gasteiger partial charge in [0.05, 0.1) is 17.7 Å². The Morgan fingerprint density at radius 2 is 1.21 bits per heavy atom. The standard InChI is InChI=1S/C23H34Cl2O4/c1-2-3-4-5-6-7-8-9-10-11-14-17-28-22(26)19-15-12-13-16-20(19)23(27)29-18-21(24)25/h12-13,15-16,21H,2-11,14,17-18H2,1H3. The van der Waals surface area contributed by atoms with Crippen molar-refractivity contribution in [1.29, 1.82) is 0 Å². The van der Waals surface area contributed by atoms with E-state index in [-0.39, 0.29) is 17.7 Å². The molecule has 29 heavy (non-hydrogen) atoms. The van der Waals surface area contributed by atoms with E-state index in [4.69, 9.17) is 32.7 Å². The van der Waals surface area contributed by atoms with E-state index in [0.29, 0.717) is 6.61 Å². The monoisotopic (exact) mass is 444 g/mol. The number of unbranched alkanes of at least 4 members (excludes halogenated alkanes) is 10. The third kappa shape index (κ3) is 12.1. The summed E-state index contributed by atoms with van der Waals surface area (Å²) in [6.45, 7) is 2.46. The number of carbonyl (C=O) groups is 2. The molecule has 0 N–H and O–H groups in total. The lowest BCUT2D eigenvalue weighted by Crippen LogP contribution is -2.16. The second-order valence-electron chi connectivity index (χ2n) is 7.21. The smallest absolute Gasteiger partial charge is 0.339 e. The lowest BCUT2D eigenvalue weighted by atomic mass is 10.1. The lowest BCUT2D eigenvalue weighted by Gasteiger charge is -2.10. The van der Waals surface area contributed by atoms with Crippen LogP contribution in [0.3, 0.4) is 0 Å². The maximum Gasteiger partial charge on any atom is 0.339 e. The van der Waals surface area contributed by atoms with Crippen LogP contribution in [0.4, 0.5) is 0 Å².